The Bertz CT molecular complexity index is 325. The summed E-state index contributed by atoms with van der Waals surface area (Å²) in [6.45, 7) is 3.15. The molecule has 0 radical (unpaired) electrons. The SMILES string of the molecule is COc1ccc(OCCSCC2CNC2)cc1. The normalized spacial score (nSPS) is 15.4. The van der Waals surface area contributed by atoms with E-state index in [9.17, 15) is 0 Å². The van der Waals surface area contributed by atoms with Crippen LogP contribution < -0.4 is 14.8 Å². The summed E-state index contributed by atoms with van der Waals surface area (Å²) in [6.07, 6.45) is 0. The van der Waals surface area contributed by atoms with Gasteiger partial charge in [-0.05, 0) is 49.0 Å². The van der Waals surface area contributed by atoms with E-state index in [1.165, 1.54) is 18.8 Å². The Labute approximate surface area is 107 Å². The van der Waals surface area contributed by atoms with E-state index in [1.807, 2.05) is 36.0 Å². The van der Waals surface area contributed by atoms with Crippen LogP contribution in [0.2, 0.25) is 0 Å². The van der Waals surface area contributed by atoms with E-state index in [1.54, 1.807) is 7.11 Å². The molecule has 0 unspecified atom stereocenters. The van der Waals surface area contributed by atoms with E-state index in [4.69, 9.17) is 9.47 Å². The summed E-state index contributed by atoms with van der Waals surface area (Å²) in [4.78, 5) is 0. The van der Waals surface area contributed by atoms with Crippen molar-refractivity contribution in [2.75, 3.05) is 38.3 Å². The zero-order chi connectivity index (χ0) is 11.9. The molecule has 3 nitrogen and oxygen atoms in total. The van der Waals surface area contributed by atoms with Gasteiger partial charge >= 0.3 is 0 Å². The molecule has 0 aromatic heterocycles. The third-order valence-electron chi connectivity index (χ3n) is 2.78. The van der Waals surface area contributed by atoms with Crippen molar-refractivity contribution in [1.82, 2.24) is 5.32 Å². The zero-order valence-corrected chi connectivity index (χ0v) is 11.0. The van der Waals surface area contributed by atoms with E-state index < -0.39 is 0 Å². The molecule has 1 heterocycles. The molecule has 1 N–H and O–H groups in total. The first kappa shape index (κ1) is 12.6. The number of hydrogen-bond donors (Lipinski definition) is 1. The molecule has 94 valence electrons. The minimum atomic E-state index is 0.775. The van der Waals surface area contributed by atoms with Gasteiger partial charge in [-0.1, -0.05) is 0 Å². The highest BCUT2D eigenvalue weighted by Crippen LogP contribution is 2.17. The molecular weight excluding hydrogens is 234 g/mol. The third kappa shape index (κ3) is 4.13. The largest absolute Gasteiger partial charge is 0.497 e. The Morgan fingerprint density at radius 3 is 2.53 bits per heavy atom. The number of ether oxygens (including phenoxy) is 2. The zero-order valence-electron chi connectivity index (χ0n) is 10.1. The van der Waals surface area contributed by atoms with Crippen LogP contribution in [-0.4, -0.2) is 38.3 Å². The molecule has 1 aromatic rings. The lowest BCUT2D eigenvalue weighted by molar-refractivity contribution is 0.342. The van der Waals surface area contributed by atoms with Gasteiger partial charge < -0.3 is 14.8 Å². The molecule has 1 aliphatic rings. The van der Waals surface area contributed by atoms with E-state index in [-0.39, 0.29) is 0 Å². The lowest BCUT2D eigenvalue weighted by Gasteiger charge is -2.26. The van der Waals surface area contributed by atoms with Gasteiger partial charge in [-0.3, -0.25) is 0 Å². The minimum Gasteiger partial charge on any atom is -0.497 e. The van der Waals surface area contributed by atoms with Gasteiger partial charge in [0.25, 0.3) is 0 Å². The molecule has 1 saturated heterocycles. The first-order valence-corrected chi connectivity index (χ1v) is 7.09. The van der Waals surface area contributed by atoms with Gasteiger partial charge in [-0.25, -0.2) is 0 Å². The van der Waals surface area contributed by atoms with Crippen LogP contribution in [0.4, 0.5) is 0 Å². The van der Waals surface area contributed by atoms with Crippen LogP contribution in [0.3, 0.4) is 0 Å². The first-order chi connectivity index (χ1) is 8.38. The van der Waals surface area contributed by atoms with E-state index in [0.29, 0.717) is 0 Å². The molecule has 1 aromatic carbocycles. The lowest BCUT2D eigenvalue weighted by atomic mass is 10.1. The van der Waals surface area contributed by atoms with Gasteiger partial charge in [0.05, 0.1) is 13.7 Å². The van der Waals surface area contributed by atoms with Crippen LogP contribution in [0.25, 0.3) is 0 Å². The molecule has 0 spiro atoms. The highest BCUT2D eigenvalue weighted by atomic mass is 32.2. The number of benzene rings is 1. The summed E-state index contributed by atoms with van der Waals surface area (Å²) < 4.78 is 10.7. The molecule has 0 saturated carbocycles. The summed E-state index contributed by atoms with van der Waals surface area (Å²) >= 11 is 1.97. The molecule has 4 heteroatoms. The quantitative estimate of drug-likeness (QED) is 0.753. The van der Waals surface area contributed by atoms with E-state index in [0.717, 1.165) is 29.8 Å². The summed E-state index contributed by atoms with van der Waals surface area (Å²) in [7, 11) is 1.67. The Kier molecular flexibility index (Phi) is 5.01. The average molecular weight is 253 g/mol. The predicted molar refractivity (Wildman–Crippen MR) is 72.2 cm³/mol. The molecule has 0 amide bonds. The van der Waals surface area contributed by atoms with Crippen molar-refractivity contribution >= 4 is 11.8 Å². The van der Waals surface area contributed by atoms with Crippen molar-refractivity contribution in [1.29, 1.82) is 0 Å². The van der Waals surface area contributed by atoms with Crippen molar-refractivity contribution in [2.24, 2.45) is 5.92 Å². The molecule has 17 heavy (non-hydrogen) atoms. The van der Waals surface area contributed by atoms with Gasteiger partial charge in [-0.2, -0.15) is 11.8 Å². The number of methoxy groups -OCH3 is 1. The molecular formula is C13H19NO2S. The maximum absolute atomic E-state index is 5.65. The topological polar surface area (TPSA) is 30.5 Å². The van der Waals surface area contributed by atoms with Crippen LogP contribution in [0.5, 0.6) is 11.5 Å². The fourth-order valence-electron chi connectivity index (χ4n) is 1.61. The second-order valence-electron chi connectivity index (χ2n) is 4.12. The summed E-state index contributed by atoms with van der Waals surface area (Å²) in [5.74, 6) is 4.96. The Morgan fingerprint density at radius 2 is 1.94 bits per heavy atom. The molecule has 2 rings (SSSR count). The van der Waals surface area contributed by atoms with Gasteiger partial charge in [0.1, 0.15) is 11.5 Å². The van der Waals surface area contributed by atoms with Crippen LogP contribution >= 0.6 is 11.8 Å². The van der Waals surface area contributed by atoms with Crippen LogP contribution in [-0.2, 0) is 0 Å². The van der Waals surface area contributed by atoms with Crippen molar-refractivity contribution < 1.29 is 9.47 Å². The fraction of sp³-hybridized carbons (Fsp3) is 0.538. The van der Waals surface area contributed by atoms with E-state index in [2.05, 4.69) is 5.32 Å². The summed E-state index contributed by atoms with van der Waals surface area (Å²) in [6, 6.07) is 7.73. The van der Waals surface area contributed by atoms with Gasteiger partial charge in [-0.15, -0.1) is 0 Å². The van der Waals surface area contributed by atoms with Crippen molar-refractivity contribution in [3.05, 3.63) is 24.3 Å². The lowest BCUT2D eigenvalue weighted by Crippen LogP contribution is -2.43. The maximum Gasteiger partial charge on any atom is 0.119 e. The van der Waals surface area contributed by atoms with Gasteiger partial charge in [0, 0.05) is 5.75 Å². The summed E-state index contributed by atoms with van der Waals surface area (Å²) in [5, 5.41) is 3.28. The Hall–Kier alpha value is -0.870. The Balaban J connectivity index is 1.57. The molecule has 1 aliphatic heterocycles. The molecule has 0 atom stereocenters. The van der Waals surface area contributed by atoms with Crippen molar-refractivity contribution in [2.45, 2.75) is 0 Å². The highest BCUT2D eigenvalue weighted by molar-refractivity contribution is 7.99. The van der Waals surface area contributed by atoms with Crippen molar-refractivity contribution in [3.63, 3.8) is 0 Å². The maximum atomic E-state index is 5.65. The minimum absolute atomic E-state index is 0.775. The van der Waals surface area contributed by atoms with E-state index >= 15 is 0 Å². The number of thioether (sulfide) groups is 1. The van der Waals surface area contributed by atoms with Crippen molar-refractivity contribution in [3.8, 4) is 11.5 Å². The Morgan fingerprint density at radius 1 is 1.24 bits per heavy atom. The number of hydrogen-bond acceptors (Lipinski definition) is 4. The molecule has 1 fully saturated rings. The summed E-state index contributed by atoms with van der Waals surface area (Å²) in [5.41, 5.74) is 0. The number of rotatable bonds is 7. The first-order valence-electron chi connectivity index (χ1n) is 5.94. The van der Waals surface area contributed by atoms with Crippen LogP contribution in [0.1, 0.15) is 0 Å². The van der Waals surface area contributed by atoms with Crippen LogP contribution in [0.15, 0.2) is 24.3 Å². The second kappa shape index (κ2) is 6.77. The second-order valence-corrected chi connectivity index (χ2v) is 5.27. The smallest absolute Gasteiger partial charge is 0.119 e. The predicted octanol–water partition coefficient (Wildman–Crippen LogP) is 2.03. The highest BCUT2D eigenvalue weighted by Gasteiger charge is 2.15. The molecule has 0 bridgehead atoms. The van der Waals surface area contributed by atoms with Gasteiger partial charge in [0.2, 0.25) is 0 Å². The fourth-order valence-corrected chi connectivity index (χ4v) is 2.54. The monoisotopic (exact) mass is 253 g/mol. The standard InChI is InChI=1S/C13H19NO2S/c1-15-12-2-4-13(5-3-12)16-6-7-17-10-11-8-14-9-11/h2-5,11,14H,6-10H2,1H3. The molecule has 0 aliphatic carbocycles. The van der Waals surface area contributed by atoms with Gasteiger partial charge in [0.15, 0.2) is 0 Å². The number of nitrogens with one attached hydrogen (secondary N) is 1. The third-order valence-corrected chi connectivity index (χ3v) is 3.94. The average Bonchev–Trinajstić information content (AvgIpc) is 2.32. The van der Waals surface area contributed by atoms with Crippen LogP contribution in [0, 0.1) is 5.92 Å².